The number of carbonyl (C=O) groups excluding carboxylic acids is 1. The third-order valence-corrected chi connectivity index (χ3v) is 2.21. The first-order valence-corrected chi connectivity index (χ1v) is 5.24. The van der Waals surface area contributed by atoms with Crippen molar-refractivity contribution in [3.05, 3.63) is 35.9 Å². The number of nitrogens with one attached hydrogen (secondary N) is 1. The summed E-state index contributed by atoms with van der Waals surface area (Å²) in [6.45, 7) is 1.22. The molecule has 0 aliphatic heterocycles. The fourth-order valence-electron chi connectivity index (χ4n) is 1.64. The number of carbonyl (C=O) groups is 1. The van der Waals surface area contributed by atoms with Gasteiger partial charge in [0.05, 0.1) is 6.42 Å². The summed E-state index contributed by atoms with van der Waals surface area (Å²) < 4.78 is 36.9. The van der Waals surface area contributed by atoms with Crippen LogP contribution >= 0.6 is 0 Å². The number of hydrogen-bond donors (Lipinski definition) is 1. The van der Waals surface area contributed by atoms with E-state index in [2.05, 4.69) is 5.32 Å². The maximum atomic E-state index is 12.3. The highest BCUT2D eigenvalue weighted by molar-refractivity contribution is 5.73. The van der Waals surface area contributed by atoms with Crippen LogP contribution in [0.5, 0.6) is 0 Å². The molecule has 17 heavy (non-hydrogen) atoms. The Hall–Kier alpha value is -1.52. The smallest absolute Gasteiger partial charge is 0.353 e. The van der Waals surface area contributed by atoms with E-state index < -0.39 is 24.5 Å². The minimum atomic E-state index is -4.28. The molecule has 0 heterocycles. The Bertz CT molecular complexity index is 362. The van der Waals surface area contributed by atoms with E-state index in [-0.39, 0.29) is 6.42 Å². The molecule has 1 unspecified atom stereocenters. The number of halogens is 3. The molecule has 0 bridgehead atoms. The SMILES string of the molecule is CC(=O)NC(Cc1ccccc1)CC(F)(F)F. The first kappa shape index (κ1) is 13.5. The van der Waals surface area contributed by atoms with Gasteiger partial charge in [0.15, 0.2) is 0 Å². The molecule has 0 saturated carbocycles. The molecule has 2 nitrogen and oxygen atoms in total. The average Bonchev–Trinajstić information content (AvgIpc) is 2.15. The van der Waals surface area contributed by atoms with Crippen molar-refractivity contribution < 1.29 is 18.0 Å². The largest absolute Gasteiger partial charge is 0.391 e. The molecule has 0 spiro atoms. The zero-order valence-electron chi connectivity index (χ0n) is 9.42. The quantitative estimate of drug-likeness (QED) is 0.868. The minimum absolute atomic E-state index is 0.180. The highest BCUT2D eigenvalue weighted by Gasteiger charge is 2.32. The van der Waals surface area contributed by atoms with Crippen LogP contribution in [0.15, 0.2) is 30.3 Å². The molecule has 0 saturated heterocycles. The zero-order chi connectivity index (χ0) is 12.9. The van der Waals surface area contributed by atoms with Gasteiger partial charge >= 0.3 is 6.18 Å². The van der Waals surface area contributed by atoms with E-state index in [4.69, 9.17) is 0 Å². The Morgan fingerprint density at radius 3 is 2.35 bits per heavy atom. The molecule has 0 fully saturated rings. The number of rotatable bonds is 4. The van der Waals surface area contributed by atoms with Gasteiger partial charge in [-0.05, 0) is 12.0 Å². The van der Waals surface area contributed by atoms with Crippen LogP contribution < -0.4 is 5.32 Å². The second-order valence-corrected chi connectivity index (χ2v) is 3.91. The summed E-state index contributed by atoms with van der Waals surface area (Å²) in [6.07, 6.45) is -5.11. The maximum absolute atomic E-state index is 12.3. The second-order valence-electron chi connectivity index (χ2n) is 3.91. The standard InChI is InChI=1S/C12H14F3NO/c1-9(17)16-11(8-12(13,14)15)7-10-5-3-2-4-6-10/h2-6,11H,7-8H2,1H3,(H,16,17). The Morgan fingerprint density at radius 1 is 1.29 bits per heavy atom. The number of amides is 1. The molecular weight excluding hydrogens is 231 g/mol. The maximum Gasteiger partial charge on any atom is 0.391 e. The Balaban J connectivity index is 2.67. The van der Waals surface area contributed by atoms with Crippen molar-refractivity contribution in [1.82, 2.24) is 5.32 Å². The van der Waals surface area contributed by atoms with E-state index in [1.54, 1.807) is 30.3 Å². The first-order chi connectivity index (χ1) is 7.87. The van der Waals surface area contributed by atoms with Crippen LogP contribution in [-0.2, 0) is 11.2 Å². The Kier molecular flexibility index (Phi) is 4.54. The fourth-order valence-corrected chi connectivity index (χ4v) is 1.64. The Morgan fingerprint density at radius 2 is 1.88 bits per heavy atom. The molecule has 1 aromatic carbocycles. The number of alkyl halides is 3. The van der Waals surface area contributed by atoms with E-state index in [1.807, 2.05) is 0 Å². The molecule has 1 aromatic rings. The predicted octanol–water partition coefficient (Wildman–Crippen LogP) is 2.69. The molecule has 1 N–H and O–H groups in total. The van der Waals surface area contributed by atoms with Crippen LogP contribution in [0.4, 0.5) is 13.2 Å². The average molecular weight is 245 g/mol. The van der Waals surface area contributed by atoms with Crippen molar-refractivity contribution in [2.24, 2.45) is 0 Å². The van der Waals surface area contributed by atoms with Crippen LogP contribution in [0.3, 0.4) is 0 Å². The lowest BCUT2D eigenvalue weighted by Gasteiger charge is -2.19. The second kappa shape index (κ2) is 5.70. The predicted molar refractivity (Wildman–Crippen MR) is 58.4 cm³/mol. The van der Waals surface area contributed by atoms with Gasteiger partial charge in [-0.1, -0.05) is 30.3 Å². The lowest BCUT2D eigenvalue weighted by Crippen LogP contribution is -2.38. The van der Waals surface area contributed by atoms with Crippen LogP contribution in [-0.4, -0.2) is 18.1 Å². The molecule has 0 radical (unpaired) electrons. The topological polar surface area (TPSA) is 29.1 Å². The number of benzene rings is 1. The van der Waals surface area contributed by atoms with Gasteiger partial charge in [0, 0.05) is 13.0 Å². The molecule has 0 aliphatic carbocycles. The zero-order valence-corrected chi connectivity index (χ0v) is 9.42. The van der Waals surface area contributed by atoms with E-state index in [9.17, 15) is 18.0 Å². The van der Waals surface area contributed by atoms with E-state index in [0.717, 1.165) is 5.56 Å². The summed E-state index contributed by atoms with van der Waals surface area (Å²) in [4.78, 5) is 10.9. The lowest BCUT2D eigenvalue weighted by molar-refractivity contribution is -0.141. The van der Waals surface area contributed by atoms with Crippen LogP contribution in [0.1, 0.15) is 18.9 Å². The fraction of sp³-hybridized carbons (Fsp3) is 0.417. The molecule has 1 amide bonds. The minimum Gasteiger partial charge on any atom is -0.353 e. The molecule has 1 rings (SSSR count). The van der Waals surface area contributed by atoms with Crippen molar-refractivity contribution >= 4 is 5.91 Å². The highest BCUT2D eigenvalue weighted by atomic mass is 19.4. The monoisotopic (exact) mass is 245 g/mol. The van der Waals surface area contributed by atoms with Crippen molar-refractivity contribution in [3.63, 3.8) is 0 Å². The summed E-state index contributed by atoms with van der Waals surface area (Å²) in [5.74, 6) is -0.449. The van der Waals surface area contributed by atoms with Gasteiger partial charge in [0.1, 0.15) is 0 Å². The molecule has 0 aliphatic rings. The van der Waals surface area contributed by atoms with Gasteiger partial charge in [-0.2, -0.15) is 13.2 Å². The number of hydrogen-bond acceptors (Lipinski definition) is 1. The van der Waals surface area contributed by atoms with Crippen molar-refractivity contribution in [3.8, 4) is 0 Å². The van der Waals surface area contributed by atoms with Gasteiger partial charge < -0.3 is 5.32 Å². The van der Waals surface area contributed by atoms with Crippen LogP contribution in [0, 0.1) is 0 Å². The normalized spacial score (nSPS) is 13.2. The Labute approximate surface area is 97.8 Å². The van der Waals surface area contributed by atoms with E-state index in [1.165, 1.54) is 6.92 Å². The first-order valence-electron chi connectivity index (χ1n) is 5.24. The molecule has 94 valence electrons. The lowest BCUT2D eigenvalue weighted by atomic mass is 10.0. The molecule has 5 heteroatoms. The van der Waals surface area contributed by atoms with Gasteiger partial charge in [-0.15, -0.1) is 0 Å². The van der Waals surface area contributed by atoms with Crippen LogP contribution in [0.25, 0.3) is 0 Å². The molecule has 0 aromatic heterocycles. The summed E-state index contributed by atoms with van der Waals surface area (Å²) >= 11 is 0. The summed E-state index contributed by atoms with van der Waals surface area (Å²) in [5.41, 5.74) is 0.774. The molecular formula is C12H14F3NO. The third kappa shape index (κ3) is 5.94. The van der Waals surface area contributed by atoms with Crippen LogP contribution in [0.2, 0.25) is 0 Å². The van der Waals surface area contributed by atoms with Gasteiger partial charge in [0.2, 0.25) is 5.91 Å². The van der Waals surface area contributed by atoms with Crippen molar-refractivity contribution in [1.29, 1.82) is 0 Å². The van der Waals surface area contributed by atoms with E-state index >= 15 is 0 Å². The summed E-state index contributed by atoms with van der Waals surface area (Å²) in [7, 11) is 0. The summed E-state index contributed by atoms with van der Waals surface area (Å²) in [5, 5.41) is 2.33. The summed E-state index contributed by atoms with van der Waals surface area (Å²) in [6, 6.07) is 7.88. The van der Waals surface area contributed by atoms with Gasteiger partial charge in [-0.25, -0.2) is 0 Å². The van der Waals surface area contributed by atoms with E-state index in [0.29, 0.717) is 0 Å². The van der Waals surface area contributed by atoms with Gasteiger partial charge in [-0.3, -0.25) is 4.79 Å². The molecule has 1 atom stereocenters. The highest BCUT2D eigenvalue weighted by Crippen LogP contribution is 2.23. The van der Waals surface area contributed by atoms with Crippen molar-refractivity contribution in [2.75, 3.05) is 0 Å². The van der Waals surface area contributed by atoms with Gasteiger partial charge in [0.25, 0.3) is 0 Å². The van der Waals surface area contributed by atoms with Crippen molar-refractivity contribution in [2.45, 2.75) is 32.0 Å². The third-order valence-electron chi connectivity index (χ3n) is 2.21.